The molecule has 0 unspecified atom stereocenters. The molecule has 0 atom stereocenters. The number of hydrogen-bond donors (Lipinski definition) is 2. The van der Waals surface area contributed by atoms with Crippen LogP contribution in [0, 0.1) is 6.92 Å². The number of anilines is 1. The van der Waals surface area contributed by atoms with E-state index in [2.05, 4.69) is 15.5 Å². The first-order valence-electron chi connectivity index (χ1n) is 8.47. The van der Waals surface area contributed by atoms with E-state index in [0.717, 1.165) is 35.7 Å². The fraction of sp³-hybridized carbons (Fsp3) is 0.350. The van der Waals surface area contributed by atoms with Gasteiger partial charge in [-0.25, -0.2) is 0 Å². The molecule has 0 radical (unpaired) electrons. The van der Waals surface area contributed by atoms with E-state index in [-0.39, 0.29) is 12.5 Å². The molecule has 2 rings (SSSR count). The van der Waals surface area contributed by atoms with Crippen LogP contribution < -0.4 is 15.4 Å². The quantitative estimate of drug-likeness (QED) is 0.689. The van der Waals surface area contributed by atoms with E-state index in [1.165, 1.54) is 0 Å². The Labute approximate surface area is 150 Å². The Bertz CT molecular complexity index is 669. The van der Waals surface area contributed by atoms with Crippen LogP contribution in [0.4, 0.5) is 5.69 Å². The van der Waals surface area contributed by atoms with Gasteiger partial charge < -0.3 is 20.3 Å². The summed E-state index contributed by atoms with van der Waals surface area (Å²) in [5.74, 6) is 0.568. The number of nitrogens with one attached hydrogen (secondary N) is 2. The zero-order valence-corrected chi connectivity index (χ0v) is 15.2. The van der Waals surface area contributed by atoms with E-state index < -0.39 is 0 Å². The Morgan fingerprint density at radius 2 is 1.80 bits per heavy atom. The molecular formula is C20H27N3O2. The highest BCUT2D eigenvalue weighted by Crippen LogP contribution is 2.17. The monoisotopic (exact) mass is 341 g/mol. The van der Waals surface area contributed by atoms with Crippen LogP contribution in [0.1, 0.15) is 11.1 Å². The van der Waals surface area contributed by atoms with E-state index in [0.29, 0.717) is 6.54 Å². The molecule has 134 valence electrons. The molecule has 0 aliphatic rings. The predicted octanol–water partition coefficient (Wildman–Crippen LogP) is 2.66. The van der Waals surface area contributed by atoms with Gasteiger partial charge in [-0.1, -0.05) is 35.9 Å². The average Bonchev–Trinajstić information content (AvgIpc) is 2.59. The van der Waals surface area contributed by atoms with Crippen molar-refractivity contribution in [1.29, 1.82) is 0 Å². The summed E-state index contributed by atoms with van der Waals surface area (Å²) in [5.41, 5.74) is 2.98. The molecule has 0 fully saturated rings. The Kier molecular flexibility index (Phi) is 7.44. The molecule has 0 saturated heterocycles. The topological polar surface area (TPSA) is 53.6 Å². The minimum absolute atomic E-state index is 0.0113. The van der Waals surface area contributed by atoms with E-state index in [1.807, 2.05) is 69.6 Å². The molecule has 0 spiro atoms. The molecule has 25 heavy (non-hydrogen) atoms. The van der Waals surface area contributed by atoms with Crippen LogP contribution in [-0.2, 0) is 11.3 Å². The van der Waals surface area contributed by atoms with Crippen LogP contribution in [0.5, 0.6) is 5.75 Å². The van der Waals surface area contributed by atoms with E-state index in [1.54, 1.807) is 0 Å². The van der Waals surface area contributed by atoms with Crippen molar-refractivity contribution in [3.05, 3.63) is 59.7 Å². The number of para-hydroxylation sites is 1. The second-order valence-corrected chi connectivity index (χ2v) is 6.29. The number of benzene rings is 2. The lowest BCUT2D eigenvalue weighted by molar-refractivity contribution is -0.118. The van der Waals surface area contributed by atoms with Crippen LogP contribution >= 0.6 is 0 Å². The number of carbonyl (C=O) groups excluding carboxylic acids is 1. The summed E-state index contributed by atoms with van der Waals surface area (Å²) in [6, 6.07) is 15.5. The summed E-state index contributed by atoms with van der Waals surface area (Å²) in [5, 5.41) is 6.22. The molecule has 0 aliphatic heterocycles. The summed E-state index contributed by atoms with van der Waals surface area (Å²) in [4.78, 5) is 14.2. The van der Waals surface area contributed by atoms with Gasteiger partial charge in [0.2, 0.25) is 0 Å². The van der Waals surface area contributed by atoms with Crippen molar-refractivity contribution in [3.8, 4) is 5.75 Å². The summed E-state index contributed by atoms with van der Waals surface area (Å²) >= 11 is 0. The Hall–Kier alpha value is -2.37. The Balaban J connectivity index is 1.83. The number of rotatable bonds is 9. The average molecular weight is 341 g/mol. The number of hydrogen-bond acceptors (Lipinski definition) is 4. The van der Waals surface area contributed by atoms with Crippen LogP contribution in [0.2, 0.25) is 0 Å². The number of carbonyl (C=O) groups is 1. The van der Waals surface area contributed by atoms with Crippen molar-refractivity contribution in [2.75, 3.05) is 39.1 Å². The molecule has 2 aromatic rings. The maximum absolute atomic E-state index is 12.1. The minimum atomic E-state index is -0.167. The zero-order valence-electron chi connectivity index (χ0n) is 15.2. The highest BCUT2D eigenvalue weighted by molar-refractivity contribution is 5.91. The van der Waals surface area contributed by atoms with Crippen molar-refractivity contribution in [1.82, 2.24) is 10.2 Å². The Morgan fingerprint density at radius 1 is 1.08 bits per heavy atom. The fourth-order valence-electron chi connectivity index (χ4n) is 2.29. The number of nitrogens with zero attached hydrogens (tertiary/aromatic N) is 1. The maximum Gasteiger partial charge on any atom is 0.262 e. The van der Waals surface area contributed by atoms with Crippen molar-refractivity contribution >= 4 is 11.6 Å². The van der Waals surface area contributed by atoms with Crippen molar-refractivity contribution < 1.29 is 9.53 Å². The van der Waals surface area contributed by atoms with E-state index in [4.69, 9.17) is 4.74 Å². The summed E-state index contributed by atoms with van der Waals surface area (Å²) in [6.07, 6.45) is 0. The standard InChI is InChI=1S/C20H27N3O2/c1-16-8-10-18(11-9-16)22-20(24)15-25-19-7-5-4-6-17(19)14-21-12-13-23(2)3/h4-11,21H,12-15H2,1-3H3,(H,22,24). The molecule has 0 saturated carbocycles. The summed E-state index contributed by atoms with van der Waals surface area (Å²) < 4.78 is 5.71. The maximum atomic E-state index is 12.1. The predicted molar refractivity (Wildman–Crippen MR) is 102 cm³/mol. The van der Waals surface area contributed by atoms with Crippen LogP contribution in [-0.4, -0.2) is 44.6 Å². The number of likely N-dealkylation sites (N-methyl/N-ethyl adjacent to an activating group) is 1. The molecule has 5 heteroatoms. The fourth-order valence-corrected chi connectivity index (χ4v) is 2.29. The first-order valence-corrected chi connectivity index (χ1v) is 8.47. The SMILES string of the molecule is Cc1ccc(NC(=O)COc2ccccc2CNCCN(C)C)cc1. The largest absolute Gasteiger partial charge is 0.483 e. The van der Waals surface area contributed by atoms with Crippen LogP contribution in [0.15, 0.2) is 48.5 Å². The molecule has 2 N–H and O–H groups in total. The third-order valence-corrected chi connectivity index (χ3v) is 3.72. The summed E-state index contributed by atoms with van der Waals surface area (Å²) in [6.45, 7) is 4.58. The lowest BCUT2D eigenvalue weighted by atomic mass is 10.2. The van der Waals surface area contributed by atoms with Gasteiger partial charge in [-0.3, -0.25) is 4.79 Å². The first kappa shape index (κ1) is 19.0. The Morgan fingerprint density at radius 3 is 2.52 bits per heavy atom. The molecular weight excluding hydrogens is 314 g/mol. The number of aryl methyl sites for hydroxylation is 1. The number of amides is 1. The lowest BCUT2D eigenvalue weighted by Crippen LogP contribution is -2.26. The minimum Gasteiger partial charge on any atom is -0.483 e. The van der Waals surface area contributed by atoms with Gasteiger partial charge in [0.25, 0.3) is 5.91 Å². The van der Waals surface area contributed by atoms with E-state index in [9.17, 15) is 4.79 Å². The number of ether oxygens (including phenoxy) is 1. The molecule has 5 nitrogen and oxygen atoms in total. The van der Waals surface area contributed by atoms with Gasteiger partial charge in [0.15, 0.2) is 6.61 Å². The van der Waals surface area contributed by atoms with Gasteiger partial charge in [-0.05, 0) is 39.2 Å². The molecule has 0 aromatic heterocycles. The van der Waals surface area contributed by atoms with Crippen molar-refractivity contribution in [2.24, 2.45) is 0 Å². The second-order valence-electron chi connectivity index (χ2n) is 6.29. The van der Waals surface area contributed by atoms with Gasteiger partial charge in [-0.2, -0.15) is 0 Å². The van der Waals surface area contributed by atoms with Gasteiger partial charge in [0.1, 0.15) is 5.75 Å². The third-order valence-electron chi connectivity index (χ3n) is 3.72. The second kappa shape index (κ2) is 9.81. The molecule has 0 bridgehead atoms. The molecule has 0 heterocycles. The highest BCUT2D eigenvalue weighted by atomic mass is 16.5. The van der Waals surface area contributed by atoms with Gasteiger partial charge in [0, 0.05) is 30.9 Å². The highest BCUT2D eigenvalue weighted by Gasteiger charge is 2.07. The van der Waals surface area contributed by atoms with Crippen LogP contribution in [0.25, 0.3) is 0 Å². The smallest absolute Gasteiger partial charge is 0.262 e. The van der Waals surface area contributed by atoms with E-state index >= 15 is 0 Å². The zero-order chi connectivity index (χ0) is 18.1. The van der Waals surface area contributed by atoms with Gasteiger partial charge in [0.05, 0.1) is 0 Å². The van der Waals surface area contributed by atoms with Crippen LogP contribution in [0.3, 0.4) is 0 Å². The van der Waals surface area contributed by atoms with Gasteiger partial charge in [-0.15, -0.1) is 0 Å². The molecule has 2 aromatic carbocycles. The lowest BCUT2D eigenvalue weighted by Gasteiger charge is -2.14. The van der Waals surface area contributed by atoms with Crippen molar-refractivity contribution in [3.63, 3.8) is 0 Å². The molecule has 1 amide bonds. The van der Waals surface area contributed by atoms with Gasteiger partial charge >= 0.3 is 0 Å². The summed E-state index contributed by atoms with van der Waals surface area (Å²) in [7, 11) is 4.09. The third kappa shape index (κ3) is 6.95. The normalized spacial score (nSPS) is 10.7. The first-order chi connectivity index (χ1) is 12.0. The van der Waals surface area contributed by atoms with Crippen molar-refractivity contribution in [2.45, 2.75) is 13.5 Å². The molecule has 0 aliphatic carbocycles.